The van der Waals surface area contributed by atoms with Crippen LogP contribution in [0.15, 0.2) is 29.2 Å². The van der Waals surface area contributed by atoms with Crippen molar-refractivity contribution in [3.8, 4) is 5.69 Å². The van der Waals surface area contributed by atoms with Crippen molar-refractivity contribution < 1.29 is 9.53 Å². The monoisotopic (exact) mass is 300 g/mol. The van der Waals surface area contributed by atoms with Gasteiger partial charge in [0.25, 0.3) is 5.56 Å². The van der Waals surface area contributed by atoms with Gasteiger partial charge in [-0.25, -0.2) is 9.48 Å². The van der Waals surface area contributed by atoms with Gasteiger partial charge in [-0.3, -0.25) is 9.89 Å². The standard InChI is InChI=1S/C12H10Cl2N2O3/c1-2-19-12(18)8-6-15-16(11(8)17)10-4-3-7(13)5-9(10)14/h3-6,15H,2H2,1H3. The summed E-state index contributed by atoms with van der Waals surface area (Å²) < 4.78 is 5.94. The molecule has 0 spiro atoms. The molecule has 0 bridgehead atoms. The van der Waals surface area contributed by atoms with Crippen LogP contribution >= 0.6 is 23.2 Å². The van der Waals surface area contributed by atoms with Crippen LogP contribution in [0, 0.1) is 0 Å². The lowest BCUT2D eigenvalue weighted by Crippen LogP contribution is -2.21. The van der Waals surface area contributed by atoms with Gasteiger partial charge in [-0.05, 0) is 25.1 Å². The van der Waals surface area contributed by atoms with Gasteiger partial charge in [0, 0.05) is 11.2 Å². The minimum atomic E-state index is -0.674. The maximum Gasteiger partial charge on any atom is 0.345 e. The number of rotatable bonds is 3. The lowest BCUT2D eigenvalue weighted by atomic mass is 10.3. The molecule has 0 atom stereocenters. The van der Waals surface area contributed by atoms with Crippen LogP contribution in [0.1, 0.15) is 17.3 Å². The quantitative estimate of drug-likeness (QED) is 0.886. The molecule has 0 saturated heterocycles. The number of aromatic nitrogens is 2. The number of carbonyl (C=O) groups excluding carboxylic acids is 1. The Morgan fingerprint density at radius 2 is 2.16 bits per heavy atom. The second-order valence-electron chi connectivity index (χ2n) is 3.64. The van der Waals surface area contributed by atoms with Crippen LogP contribution < -0.4 is 5.56 Å². The molecular weight excluding hydrogens is 291 g/mol. The van der Waals surface area contributed by atoms with E-state index in [4.69, 9.17) is 27.9 Å². The fourth-order valence-corrected chi connectivity index (χ4v) is 2.06. The molecule has 1 heterocycles. The van der Waals surface area contributed by atoms with Crippen LogP contribution in [0.5, 0.6) is 0 Å². The molecule has 19 heavy (non-hydrogen) atoms. The van der Waals surface area contributed by atoms with E-state index in [-0.39, 0.29) is 12.2 Å². The number of ether oxygens (including phenoxy) is 1. The average molecular weight is 301 g/mol. The van der Waals surface area contributed by atoms with Gasteiger partial charge in [-0.2, -0.15) is 0 Å². The number of esters is 1. The van der Waals surface area contributed by atoms with E-state index in [0.717, 1.165) is 4.68 Å². The molecule has 0 aliphatic carbocycles. The molecule has 100 valence electrons. The Bertz CT molecular complexity index is 676. The summed E-state index contributed by atoms with van der Waals surface area (Å²) in [5.41, 5.74) is -0.192. The number of benzene rings is 1. The first-order chi connectivity index (χ1) is 9.04. The maximum absolute atomic E-state index is 12.1. The predicted molar refractivity (Wildman–Crippen MR) is 72.4 cm³/mol. The van der Waals surface area contributed by atoms with Crippen molar-refractivity contribution in [1.29, 1.82) is 0 Å². The average Bonchev–Trinajstić information content (AvgIpc) is 2.72. The van der Waals surface area contributed by atoms with Crippen molar-refractivity contribution in [1.82, 2.24) is 9.78 Å². The second-order valence-corrected chi connectivity index (χ2v) is 4.49. The van der Waals surface area contributed by atoms with E-state index in [1.165, 1.54) is 12.3 Å². The van der Waals surface area contributed by atoms with Gasteiger partial charge in [-0.1, -0.05) is 23.2 Å². The van der Waals surface area contributed by atoms with Crippen molar-refractivity contribution >= 4 is 29.2 Å². The summed E-state index contributed by atoms with van der Waals surface area (Å²) in [4.78, 5) is 23.6. The predicted octanol–water partition coefficient (Wildman–Crippen LogP) is 2.65. The van der Waals surface area contributed by atoms with Crippen LogP contribution in [0.4, 0.5) is 0 Å². The largest absolute Gasteiger partial charge is 0.462 e. The highest BCUT2D eigenvalue weighted by molar-refractivity contribution is 6.35. The highest BCUT2D eigenvalue weighted by atomic mass is 35.5. The number of nitrogens with zero attached hydrogens (tertiary/aromatic N) is 1. The topological polar surface area (TPSA) is 64.1 Å². The van der Waals surface area contributed by atoms with E-state index in [2.05, 4.69) is 5.10 Å². The second kappa shape index (κ2) is 5.50. The molecule has 5 nitrogen and oxygen atoms in total. The zero-order chi connectivity index (χ0) is 14.0. The summed E-state index contributed by atoms with van der Waals surface area (Å²) in [6.45, 7) is 1.87. The molecule has 2 rings (SSSR count). The molecule has 0 aliphatic heterocycles. The van der Waals surface area contributed by atoms with E-state index in [1.54, 1.807) is 19.1 Å². The summed E-state index contributed by atoms with van der Waals surface area (Å²) in [7, 11) is 0. The van der Waals surface area contributed by atoms with E-state index in [1.807, 2.05) is 0 Å². The lowest BCUT2D eigenvalue weighted by molar-refractivity contribution is 0.0525. The Balaban J connectivity index is 2.48. The molecular formula is C12H10Cl2N2O3. The van der Waals surface area contributed by atoms with Gasteiger partial charge < -0.3 is 4.74 Å². The first-order valence-corrected chi connectivity index (χ1v) is 6.23. The third-order valence-electron chi connectivity index (χ3n) is 2.42. The Labute approximate surface area is 118 Å². The molecule has 2 aromatic rings. The zero-order valence-electron chi connectivity index (χ0n) is 9.94. The number of H-pyrrole nitrogens is 1. The molecule has 0 radical (unpaired) electrons. The first kappa shape index (κ1) is 13.7. The molecule has 0 saturated carbocycles. The number of nitrogens with one attached hydrogen (secondary N) is 1. The van der Waals surface area contributed by atoms with Gasteiger partial charge in [0.2, 0.25) is 0 Å². The van der Waals surface area contributed by atoms with Crippen LogP contribution in [0.3, 0.4) is 0 Å². The number of hydrogen-bond donors (Lipinski definition) is 1. The minimum absolute atomic E-state index is 0.0760. The Morgan fingerprint density at radius 3 is 2.79 bits per heavy atom. The fraction of sp³-hybridized carbons (Fsp3) is 0.167. The molecule has 0 amide bonds. The normalized spacial score (nSPS) is 10.5. The van der Waals surface area contributed by atoms with Gasteiger partial charge >= 0.3 is 5.97 Å². The third-order valence-corrected chi connectivity index (χ3v) is 2.96. The molecule has 1 N–H and O–H groups in total. The molecule has 0 fully saturated rings. The highest BCUT2D eigenvalue weighted by Crippen LogP contribution is 2.22. The van der Waals surface area contributed by atoms with E-state index in [9.17, 15) is 9.59 Å². The molecule has 7 heteroatoms. The van der Waals surface area contributed by atoms with Crippen molar-refractivity contribution in [2.75, 3.05) is 6.61 Å². The van der Waals surface area contributed by atoms with Crippen LogP contribution in [-0.2, 0) is 4.74 Å². The first-order valence-electron chi connectivity index (χ1n) is 5.47. The summed E-state index contributed by atoms with van der Waals surface area (Å²) in [5, 5.41) is 3.42. The van der Waals surface area contributed by atoms with E-state index >= 15 is 0 Å². The molecule has 0 unspecified atom stereocenters. The van der Waals surface area contributed by atoms with Gasteiger partial charge in [0.05, 0.1) is 17.3 Å². The Hall–Kier alpha value is -1.72. The zero-order valence-corrected chi connectivity index (χ0v) is 11.5. The summed E-state index contributed by atoms with van der Waals surface area (Å²) >= 11 is 11.8. The highest BCUT2D eigenvalue weighted by Gasteiger charge is 2.17. The van der Waals surface area contributed by atoms with Gasteiger partial charge in [0.15, 0.2) is 0 Å². The molecule has 1 aromatic heterocycles. The minimum Gasteiger partial charge on any atom is -0.462 e. The smallest absolute Gasteiger partial charge is 0.345 e. The number of hydrogen-bond acceptors (Lipinski definition) is 3. The summed E-state index contributed by atoms with van der Waals surface area (Å²) in [6.07, 6.45) is 1.28. The third kappa shape index (κ3) is 2.67. The van der Waals surface area contributed by atoms with Gasteiger partial charge in [-0.15, -0.1) is 0 Å². The molecule has 1 aromatic carbocycles. The van der Waals surface area contributed by atoms with Crippen molar-refractivity contribution in [3.63, 3.8) is 0 Å². The number of carbonyl (C=O) groups is 1. The Morgan fingerprint density at radius 1 is 1.42 bits per heavy atom. The summed E-state index contributed by atoms with van der Waals surface area (Å²) in [5.74, 6) is -0.674. The van der Waals surface area contributed by atoms with Crippen LogP contribution in [0.25, 0.3) is 5.69 Å². The van der Waals surface area contributed by atoms with E-state index < -0.39 is 11.5 Å². The fourth-order valence-electron chi connectivity index (χ4n) is 1.57. The number of aromatic amines is 1. The Kier molecular flexibility index (Phi) is 3.97. The van der Waals surface area contributed by atoms with Crippen LogP contribution in [-0.4, -0.2) is 22.4 Å². The van der Waals surface area contributed by atoms with E-state index in [0.29, 0.717) is 15.7 Å². The van der Waals surface area contributed by atoms with Crippen molar-refractivity contribution in [2.24, 2.45) is 0 Å². The maximum atomic E-state index is 12.1. The van der Waals surface area contributed by atoms with Crippen LogP contribution in [0.2, 0.25) is 10.0 Å². The number of halogens is 2. The SMILES string of the molecule is CCOC(=O)c1c[nH]n(-c2ccc(Cl)cc2Cl)c1=O. The summed E-state index contributed by atoms with van der Waals surface area (Å²) in [6, 6.07) is 4.69. The lowest BCUT2D eigenvalue weighted by Gasteiger charge is -2.04. The van der Waals surface area contributed by atoms with Crippen molar-refractivity contribution in [3.05, 3.63) is 50.4 Å². The molecule has 0 aliphatic rings. The van der Waals surface area contributed by atoms with Crippen molar-refractivity contribution in [2.45, 2.75) is 6.92 Å². The van der Waals surface area contributed by atoms with Gasteiger partial charge in [0.1, 0.15) is 5.56 Å².